The molecule has 1 aliphatic heterocycles. The average molecular weight is 460 g/mol. The summed E-state index contributed by atoms with van der Waals surface area (Å²) in [4.78, 5) is 12.9. The van der Waals surface area contributed by atoms with Gasteiger partial charge in [0.1, 0.15) is 5.82 Å². The summed E-state index contributed by atoms with van der Waals surface area (Å²) < 4.78 is 13.0. The van der Waals surface area contributed by atoms with Crippen molar-refractivity contribution in [1.29, 1.82) is 0 Å². The van der Waals surface area contributed by atoms with Gasteiger partial charge in [-0.2, -0.15) is 5.10 Å². The minimum atomic E-state index is -0.276. The molecule has 1 aromatic heterocycles. The molecule has 1 aliphatic rings. The van der Waals surface area contributed by atoms with Gasteiger partial charge in [-0.15, -0.1) is 0 Å². The number of para-hydroxylation sites is 2. The number of fused-ring (bicyclic) bond motifs is 1. The first-order valence-electron chi connectivity index (χ1n) is 10.6. The van der Waals surface area contributed by atoms with Crippen molar-refractivity contribution < 1.29 is 14.3 Å². The predicted octanol–water partition coefficient (Wildman–Crippen LogP) is 5.68. The van der Waals surface area contributed by atoms with Gasteiger partial charge in [0.05, 0.1) is 25.6 Å². The lowest BCUT2D eigenvalue weighted by atomic mass is 9.83. The van der Waals surface area contributed by atoms with E-state index in [-0.39, 0.29) is 18.2 Å². The van der Waals surface area contributed by atoms with Crippen LogP contribution in [0.5, 0.6) is 11.5 Å². The molecule has 0 bridgehead atoms. The molecule has 166 valence electrons. The van der Waals surface area contributed by atoms with Crippen LogP contribution < -0.4 is 14.8 Å². The molecule has 5 rings (SSSR count). The molecule has 0 radical (unpaired) electrons. The van der Waals surface area contributed by atoms with Crippen molar-refractivity contribution in [2.45, 2.75) is 12.3 Å². The van der Waals surface area contributed by atoms with Crippen molar-refractivity contribution in [1.82, 2.24) is 9.78 Å². The number of halogens is 1. The zero-order chi connectivity index (χ0) is 22.9. The maximum Gasteiger partial charge on any atom is 0.226 e. The summed E-state index contributed by atoms with van der Waals surface area (Å²) >= 11 is 6.15. The number of nitrogens with zero attached hydrogens (tertiary/aromatic N) is 2. The molecule has 4 aromatic rings. The molecule has 0 saturated carbocycles. The van der Waals surface area contributed by atoms with Crippen LogP contribution in [0, 0.1) is 0 Å². The summed E-state index contributed by atoms with van der Waals surface area (Å²) in [7, 11) is 3.21. The highest BCUT2D eigenvalue weighted by Crippen LogP contribution is 2.48. The molecule has 33 heavy (non-hydrogen) atoms. The molecule has 2 heterocycles. The highest BCUT2D eigenvalue weighted by Gasteiger charge is 2.36. The largest absolute Gasteiger partial charge is 0.493 e. The fraction of sp³-hybridized carbons (Fsp3) is 0.154. The van der Waals surface area contributed by atoms with Gasteiger partial charge < -0.3 is 14.8 Å². The SMILES string of the molecule is COc1cccc(C2CC(=O)Nc3c2c(-c2ccc(Cl)cc2)nn3-c2ccccc2)c1OC. The van der Waals surface area contributed by atoms with Crippen molar-refractivity contribution in [3.05, 3.63) is 88.9 Å². The zero-order valence-electron chi connectivity index (χ0n) is 18.2. The first-order valence-corrected chi connectivity index (χ1v) is 10.9. The number of benzene rings is 3. The number of hydrogen-bond donors (Lipinski definition) is 1. The van der Waals surface area contributed by atoms with Gasteiger partial charge in [-0.1, -0.05) is 54.1 Å². The minimum Gasteiger partial charge on any atom is -0.493 e. The van der Waals surface area contributed by atoms with E-state index in [9.17, 15) is 4.79 Å². The summed E-state index contributed by atoms with van der Waals surface area (Å²) in [6.45, 7) is 0. The Morgan fingerprint density at radius 3 is 2.42 bits per heavy atom. The monoisotopic (exact) mass is 459 g/mol. The fourth-order valence-corrected chi connectivity index (χ4v) is 4.51. The summed E-state index contributed by atoms with van der Waals surface area (Å²) in [6, 6.07) is 23.0. The van der Waals surface area contributed by atoms with Gasteiger partial charge in [0.15, 0.2) is 11.5 Å². The van der Waals surface area contributed by atoms with Gasteiger partial charge in [0, 0.05) is 34.1 Å². The smallest absolute Gasteiger partial charge is 0.226 e. The Hall–Kier alpha value is -3.77. The Morgan fingerprint density at radius 1 is 0.970 bits per heavy atom. The van der Waals surface area contributed by atoms with Crippen molar-refractivity contribution in [2.24, 2.45) is 0 Å². The zero-order valence-corrected chi connectivity index (χ0v) is 19.0. The van der Waals surface area contributed by atoms with Crippen LogP contribution in [0.1, 0.15) is 23.5 Å². The highest BCUT2D eigenvalue weighted by atomic mass is 35.5. The van der Waals surface area contributed by atoms with E-state index in [1.807, 2.05) is 72.8 Å². The molecule has 0 spiro atoms. The van der Waals surface area contributed by atoms with Crippen LogP contribution in [-0.2, 0) is 4.79 Å². The quantitative estimate of drug-likeness (QED) is 0.416. The first-order chi connectivity index (χ1) is 16.1. The molecule has 0 fully saturated rings. The molecule has 0 aliphatic carbocycles. The van der Waals surface area contributed by atoms with E-state index in [2.05, 4.69) is 5.32 Å². The van der Waals surface area contributed by atoms with Crippen molar-refractivity contribution in [3.8, 4) is 28.4 Å². The Morgan fingerprint density at radius 2 is 1.73 bits per heavy atom. The van der Waals surface area contributed by atoms with Crippen LogP contribution in [0.25, 0.3) is 16.9 Å². The summed E-state index contributed by atoms with van der Waals surface area (Å²) in [5, 5.41) is 8.66. The van der Waals surface area contributed by atoms with E-state index in [1.54, 1.807) is 18.9 Å². The second-order valence-corrected chi connectivity index (χ2v) is 8.19. The third kappa shape index (κ3) is 3.72. The van der Waals surface area contributed by atoms with Gasteiger partial charge in [0.25, 0.3) is 0 Å². The Kier molecular flexibility index (Phi) is 5.52. The second kappa shape index (κ2) is 8.64. The molecule has 1 atom stereocenters. The van der Waals surface area contributed by atoms with Crippen LogP contribution in [0.15, 0.2) is 72.8 Å². The van der Waals surface area contributed by atoms with Crippen LogP contribution in [-0.4, -0.2) is 29.9 Å². The molecule has 0 saturated heterocycles. The number of amides is 1. The Bertz CT molecular complexity index is 1320. The number of carbonyl (C=O) groups is 1. The van der Waals surface area contributed by atoms with Crippen LogP contribution in [0.2, 0.25) is 5.02 Å². The molecule has 6 nitrogen and oxygen atoms in total. The number of carbonyl (C=O) groups excluding carboxylic acids is 1. The Labute approximate surface area is 196 Å². The number of anilines is 1. The lowest BCUT2D eigenvalue weighted by Gasteiger charge is -2.26. The number of methoxy groups -OCH3 is 2. The summed E-state index contributed by atoms with van der Waals surface area (Å²) in [6.07, 6.45) is 0.262. The summed E-state index contributed by atoms with van der Waals surface area (Å²) in [5.41, 5.74) is 4.34. The van der Waals surface area contributed by atoms with E-state index in [1.165, 1.54) is 0 Å². The molecule has 3 aromatic carbocycles. The van der Waals surface area contributed by atoms with Gasteiger partial charge in [-0.25, -0.2) is 4.68 Å². The average Bonchev–Trinajstić information content (AvgIpc) is 3.23. The van der Waals surface area contributed by atoms with E-state index >= 15 is 0 Å². The van der Waals surface area contributed by atoms with Crippen LogP contribution >= 0.6 is 11.6 Å². The topological polar surface area (TPSA) is 65.4 Å². The second-order valence-electron chi connectivity index (χ2n) is 7.75. The highest BCUT2D eigenvalue weighted by molar-refractivity contribution is 6.30. The maximum atomic E-state index is 12.9. The molecule has 1 amide bonds. The Balaban J connectivity index is 1.79. The van der Waals surface area contributed by atoms with E-state index in [0.717, 1.165) is 28.1 Å². The number of ether oxygens (including phenoxy) is 2. The third-order valence-electron chi connectivity index (χ3n) is 5.85. The minimum absolute atomic E-state index is 0.0860. The number of hydrogen-bond acceptors (Lipinski definition) is 4. The van der Waals surface area contributed by atoms with Gasteiger partial charge in [-0.05, 0) is 30.3 Å². The van der Waals surface area contributed by atoms with Gasteiger partial charge in [-0.3, -0.25) is 4.79 Å². The number of aromatic nitrogens is 2. The van der Waals surface area contributed by atoms with Crippen LogP contribution in [0.4, 0.5) is 5.82 Å². The van der Waals surface area contributed by atoms with Gasteiger partial charge >= 0.3 is 0 Å². The van der Waals surface area contributed by atoms with Crippen molar-refractivity contribution >= 4 is 23.3 Å². The van der Waals surface area contributed by atoms with Gasteiger partial charge in [0.2, 0.25) is 5.91 Å². The normalized spacial score (nSPS) is 15.0. The number of nitrogens with one attached hydrogen (secondary N) is 1. The fourth-order valence-electron chi connectivity index (χ4n) is 4.38. The summed E-state index contributed by atoms with van der Waals surface area (Å²) in [5.74, 6) is 1.52. The lowest BCUT2D eigenvalue weighted by molar-refractivity contribution is -0.116. The van der Waals surface area contributed by atoms with E-state index in [0.29, 0.717) is 22.3 Å². The standard InChI is InChI=1S/C26H22ClN3O3/c1-32-21-10-6-9-19(25(21)33-2)20-15-22(31)28-26-23(20)24(16-11-13-17(27)14-12-16)29-30(26)18-7-4-3-5-8-18/h3-14,20H,15H2,1-2H3,(H,28,31). The van der Waals surface area contributed by atoms with E-state index < -0.39 is 0 Å². The maximum absolute atomic E-state index is 12.9. The molecule has 7 heteroatoms. The molecule has 1 N–H and O–H groups in total. The molecular formula is C26H22ClN3O3. The first kappa shape index (κ1) is 21.1. The third-order valence-corrected chi connectivity index (χ3v) is 6.10. The van der Waals surface area contributed by atoms with Crippen molar-refractivity contribution in [2.75, 3.05) is 19.5 Å². The van der Waals surface area contributed by atoms with Crippen LogP contribution in [0.3, 0.4) is 0 Å². The number of rotatable bonds is 5. The predicted molar refractivity (Wildman–Crippen MR) is 129 cm³/mol. The molecular weight excluding hydrogens is 438 g/mol. The van der Waals surface area contributed by atoms with Crippen molar-refractivity contribution in [3.63, 3.8) is 0 Å². The lowest BCUT2D eigenvalue weighted by Crippen LogP contribution is -2.25. The van der Waals surface area contributed by atoms with E-state index in [4.69, 9.17) is 26.2 Å². The molecule has 1 unspecified atom stereocenters.